The topological polar surface area (TPSA) is 52.6 Å². The maximum Gasteiger partial charge on any atom is 0.318 e. The first-order chi connectivity index (χ1) is 10.1. The van der Waals surface area contributed by atoms with E-state index >= 15 is 0 Å². The summed E-state index contributed by atoms with van der Waals surface area (Å²) < 4.78 is 0. The molecule has 3 aliphatic carbocycles. The number of aliphatic hydroxyl groups excluding tert-OH is 1. The van der Waals surface area contributed by atoms with Gasteiger partial charge in [0.1, 0.15) is 0 Å². The predicted molar refractivity (Wildman–Crippen MR) is 81.0 cm³/mol. The van der Waals surface area contributed by atoms with E-state index in [4.69, 9.17) is 0 Å². The molecule has 4 aliphatic rings. The van der Waals surface area contributed by atoms with Gasteiger partial charge in [0.15, 0.2) is 0 Å². The van der Waals surface area contributed by atoms with Crippen LogP contribution in [-0.4, -0.2) is 40.3 Å². The minimum absolute atomic E-state index is 0.0197. The molecule has 4 rings (SSSR count). The van der Waals surface area contributed by atoms with Gasteiger partial charge in [0, 0.05) is 18.1 Å². The SMILES string of the molecule is O=C(NC1CCC2(CC1)CC2)N1CCC(O)CC12CCC2. The van der Waals surface area contributed by atoms with Crippen molar-refractivity contribution in [3.05, 3.63) is 0 Å². The van der Waals surface area contributed by atoms with Crippen molar-refractivity contribution in [1.82, 2.24) is 10.2 Å². The summed E-state index contributed by atoms with van der Waals surface area (Å²) in [5.41, 5.74) is 0.666. The van der Waals surface area contributed by atoms with Crippen LogP contribution in [0.1, 0.15) is 70.6 Å². The highest BCUT2D eigenvalue weighted by atomic mass is 16.3. The number of rotatable bonds is 1. The summed E-state index contributed by atoms with van der Waals surface area (Å²) >= 11 is 0. The molecule has 1 atom stereocenters. The lowest BCUT2D eigenvalue weighted by molar-refractivity contribution is -0.0406. The van der Waals surface area contributed by atoms with Gasteiger partial charge in [-0.3, -0.25) is 0 Å². The quantitative estimate of drug-likeness (QED) is 0.781. The molecule has 1 heterocycles. The molecule has 0 aromatic heterocycles. The van der Waals surface area contributed by atoms with Crippen molar-refractivity contribution in [2.75, 3.05) is 6.54 Å². The maximum absolute atomic E-state index is 12.7. The molecular weight excluding hydrogens is 264 g/mol. The fourth-order valence-corrected chi connectivity index (χ4v) is 4.85. The van der Waals surface area contributed by atoms with Crippen molar-refractivity contribution in [3.63, 3.8) is 0 Å². The molecule has 0 bridgehead atoms. The van der Waals surface area contributed by atoms with Gasteiger partial charge in [-0.2, -0.15) is 0 Å². The summed E-state index contributed by atoms with van der Waals surface area (Å²) in [4.78, 5) is 14.8. The third kappa shape index (κ3) is 2.45. The molecule has 2 N–H and O–H groups in total. The number of urea groups is 1. The Kier molecular flexibility index (Phi) is 3.21. The second-order valence-corrected chi connectivity index (χ2v) is 8.10. The van der Waals surface area contributed by atoms with Crippen molar-refractivity contribution in [2.45, 2.75) is 88.3 Å². The highest BCUT2D eigenvalue weighted by Crippen LogP contribution is 2.56. The summed E-state index contributed by atoms with van der Waals surface area (Å²) in [6.07, 6.45) is 12.4. The minimum Gasteiger partial charge on any atom is -0.393 e. The molecule has 2 spiro atoms. The Balaban J connectivity index is 1.35. The highest BCUT2D eigenvalue weighted by Gasteiger charge is 2.49. The molecule has 4 fully saturated rings. The average molecular weight is 292 g/mol. The van der Waals surface area contributed by atoms with E-state index in [1.165, 1.54) is 32.1 Å². The number of piperidine rings is 1. The van der Waals surface area contributed by atoms with E-state index in [2.05, 4.69) is 10.2 Å². The van der Waals surface area contributed by atoms with E-state index in [1.807, 2.05) is 0 Å². The van der Waals surface area contributed by atoms with Gasteiger partial charge in [0.25, 0.3) is 0 Å². The molecule has 21 heavy (non-hydrogen) atoms. The summed E-state index contributed by atoms with van der Waals surface area (Å²) in [6.45, 7) is 0.726. The zero-order valence-electron chi connectivity index (χ0n) is 12.9. The van der Waals surface area contributed by atoms with E-state index in [-0.39, 0.29) is 17.7 Å². The Morgan fingerprint density at radius 3 is 2.33 bits per heavy atom. The fourth-order valence-electron chi connectivity index (χ4n) is 4.85. The second kappa shape index (κ2) is 4.87. The smallest absolute Gasteiger partial charge is 0.318 e. The van der Waals surface area contributed by atoms with Crippen molar-refractivity contribution in [2.24, 2.45) is 5.41 Å². The van der Waals surface area contributed by atoms with Crippen LogP contribution in [0.3, 0.4) is 0 Å². The Hall–Kier alpha value is -0.770. The van der Waals surface area contributed by atoms with Gasteiger partial charge < -0.3 is 15.3 Å². The monoisotopic (exact) mass is 292 g/mol. The zero-order valence-corrected chi connectivity index (χ0v) is 12.9. The number of nitrogens with zero attached hydrogens (tertiary/aromatic N) is 1. The normalized spacial score (nSPS) is 33.8. The molecule has 0 aromatic carbocycles. The summed E-state index contributed by atoms with van der Waals surface area (Å²) in [6, 6.07) is 0.519. The fraction of sp³-hybridized carbons (Fsp3) is 0.941. The van der Waals surface area contributed by atoms with Gasteiger partial charge in [0.05, 0.1) is 6.10 Å². The van der Waals surface area contributed by atoms with Crippen LogP contribution < -0.4 is 5.32 Å². The maximum atomic E-state index is 12.7. The van der Waals surface area contributed by atoms with E-state index in [1.54, 1.807) is 0 Å². The van der Waals surface area contributed by atoms with Gasteiger partial charge >= 0.3 is 6.03 Å². The Bertz CT molecular complexity index is 419. The van der Waals surface area contributed by atoms with Gasteiger partial charge in [-0.05, 0) is 76.0 Å². The van der Waals surface area contributed by atoms with Gasteiger partial charge in [-0.1, -0.05) is 0 Å². The molecule has 3 saturated carbocycles. The van der Waals surface area contributed by atoms with Crippen LogP contribution in [0.4, 0.5) is 4.79 Å². The average Bonchev–Trinajstić information content (AvgIpc) is 3.19. The molecule has 118 valence electrons. The Labute approximate surface area is 127 Å². The Morgan fingerprint density at radius 1 is 1.05 bits per heavy atom. The summed E-state index contributed by atoms with van der Waals surface area (Å²) in [5.74, 6) is 0. The molecule has 0 aromatic rings. The van der Waals surface area contributed by atoms with Crippen LogP contribution in [0, 0.1) is 5.41 Å². The molecule has 2 amide bonds. The van der Waals surface area contributed by atoms with Crippen LogP contribution in [-0.2, 0) is 0 Å². The summed E-state index contributed by atoms with van der Waals surface area (Å²) in [5, 5.41) is 13.2. The Morgan fingerprint density at radius 2 is 1.76 bits per heavy atom. The highest BCUT2D eigenvalue weighted by molar-refractivity contribution is 5.76. The lowest BCUT2D eigenvalue weighted by atomic mass is 9.69. The number of aliphatic hydroxyl groups is 1. The van der Waals surface area contributed by atoms with Crippen molar-refractivity contribution in [1.29, 1.82) is 0 Å². The van der Waals surface area contributed by atoms with E-state index in [0.29, 0.717) is 11.5 Å². The first kappa shape index (κ1) is 13.9. The zero-order chi connectivity index (χ0) is 14.5. The molecule has 0 radical (unpaired) electrons. The summed E-state index contributed by atoms with van der Waals surface area (Å²) in [7, 11) is 0. The minimum atomic E-state index is -0.209. The standard InChI is InChI=1S/C17H28N2O2/c20-14-4-11-19(17(12-14)5-1-6-17)15(21)18-13-2-7-16(8-3-13)9-10-16/h13-14,20H,1-12H2,(H,18,21). The van der Waals surface area contributed by atoms with Crippen molar-refractivity contribution < 1.29 is 9.90 Å². The van der Waals surface area contributed by atoms with E-state index in [0.717, 1.165) is 45.1 Å². The largest absolute Gasteiger partial charge is 0.393 e. The molecule has 1 unspecified atom stereocenters. The molecule has 1 saturated heterocycles. The number of nitrogens with one attached hydrogen (secondary N) is 1. The van der Waals surface area contributed by atoms with E-state index in [9.17, 15) is 9.90 Å². The number of likely N-dealkylation sites (tertiary alicyclic amines) is 1. The van der Waals surface area contributed by atoms with Gasteiger partial charge in [-0.15, -0.1) is 0 Å². The van der Waals surface area contributed by atoms with Crippen molar-refractivity contribution >= 4 is 6.03 Å². The van der Waals surface area contributed by atoms with Crippen LogP contribution in [0.5, 0.6) is 0 Å². The van der Waals surface area contributed by atoms with Crippen LogP contribution in [0.2, 0.25) is 0 Å². The van der Waals surface area contributed by atoms with Crippen LogP contribution in [0.25, 0.3) is 0 Å². The lowest BCUT2D eigenvalue weighted by Gasteiger charge is -2.54. The van der Waals surface area contributed by atoms with Gasteiger partial charge in [0.2, 0.25) is 0 Å². The van der Waals surface area contributed by atoms with Crippen LogP contribution >= 0.6 is 0 Å². The van der Waals surface area contributed by atoms with Gasteiger partial charge in [-0.25, -0.2) is 4.79 Å². The number of carbonyl (C=O) groups is 1. The second-order valence-electron chi connectivity index (χ2n) is 8.10. The first-order valence-electron chi connectivity index (χ1n) is 8.87. The third-order valence-corrected chi connectivity index (χ3v) is 6.73. The molecule has 1 aliphatic heterocycles. The lowest BCUT2D eigenvalue weighted by Crippen LogP contribution is -2.64. The predicted octanol–water partition coefficient (Wildman–Crippen LogP) is 2.80. The number of hydrogen-bond acceptors (Lipinski definition) is 2. The molecule has 4 heteroatoms. The number of hydrogen-bond donors (Lipinski definition) is 2. The molecule has 4 nitrogen and oxygen atoms in total. The van der Waals surface area contributed by atoms with Crippen LogP contribution in [0.15, 0.2) is 0 Å². The molecular formula is C17H28N2O2. The first-order valence-corrected chi connectivity index (χ1v) is 8.87. The number of carbonyl (C=O) groups excluding carboxylic acids is 1. The third-order valence-electron chi connectivity index (χ3n) is 6.73. The van der Waals surface area contributed by atoms with E-state index < -0.39 is 0 Å². The van der Waals surface area contributed by atoms with Crippen molar-refractivity contribution in [3.8, 4) is 0 Å². The number of amides is 2.